The molecule has 0 atom stereocenters. The van der Waals surface area contributed by atoms with Crippen molar-refractivity contribution < 1.29 is 17.9 Å². The van der Waals surface area contributed by atoms with Gasteiger partial charge in [-0.05, 0) is 18.9 Å². The molecule has 1 aliphatic heterocycles. The Morgan fingerprint density at radius 2 is 2.00 bits per heavy atom. The van der Waals surface area contributed by atoms with Gasteiger partial charge in [0.1, 0.15) is 5.75 Å². The Balaban J connectivity index is 1.50. The molecule has 0 aromatic heterocycles. The Morgan fingerprint density at radius 1 is 1.32 bits per heavy atom. The molecule has 0 unspecified atom stereocenters. The third-order valence-electron chi connectivity index (χ3n) is 4.17. The maximum absolute atomic E-state index is 12.1. The van der Waals surface area contributed by atoms with Crippen molar-refractivity contribution in [3.63, 3.8) is 0 Å². The van der Waals surface area contributed by atoms with Crippen molar-refractivity contribution >= 4 is 15.9 Å². The number of para-hydroxylation sites is 1. The summed E-state index contributed by atoms with van der Waals surface area (Å²) in [5.74, 6) is 0.380. The van der Waals surface area contributed by atoms with Crippen LogP contribution in [0.15, 0.2) is 24.3 Å². The highest BCUT2D eigenvalue weighted by Crippen LogP contribution is 2.34. The van der Waals surface area contributed by atoms with Crippen molar-refractivity contribution in [2.24, 2.45) is 5.92 Å². The summed E-state index contributed by atoms with van der Waals surface area (Å²) in [4.78, 5) is 12.1. The number of hydrogen-bond donors (Lipinski definition) is 1. The van der Waals surface area contributed by atoms with Crippen molar-refractivity contribution in [1.29, 1.82) is 0 Å². The summed E-state index contributed by atoms with van der Waals surface area (Å²) in [5, 5.41) is 2.65. The fraction of sp³-hybridized carbons (Fsp3) is 0.533. The van der Waals surface area contributed by atoms with Gasteiger partial charge < -0.3 is 10.1 Å². The Kier molecular flexibility index (Phi) is 4.10. The summed E-state index contributed by atoms with van der Waals surface area (Å²) in [7, 11) is -1.55. The minimum absolute atomic E-state index is 0.104. The Bertz CT molecular complexity index is 664. The first-order valence-electron chi connectivity index (χ1n) is 7.41. The van der Waals surface area contributed by atoms with E-state index >= 15 is 0 Å². The lowest BCUT2D eigenvalue weighted by atomic mass is 10.0. The van der Waals surface area contributed by atoms with Gasteiger partial charge in [-0.3, -0.25) is 4.79 Å². The summed E-state index contributed by atoms with van der Waals surface area (Å²) in [6.45, 7) is 0.988. The van der Waals surface area contributed by atoms with E-state index in [1.807, 2.05) is 24.3 Å². The molecule has 22 heavy (non-hydrogen) atoms. The molecule has 1 saturated carbocycles. The summed E-state index contributed by atoms with van der Waals surface area (Å²) in [6.07, 6.45) is 1.51. The lowest BCUT2D eigenvalue weighted by Gasteiger charge is -2.37. The van der Waals surface area contributed by atoms with E-state index in [4.69, 9.17) is 4.74 Å². The van der Waals surface area contributed by atoms with Crippen LogP contribution in [0, 0.1) is 5.92 Å². The molecule has 1 aliphatic carbocycles. The van der Waals surface area contributed by atoms with Crippen LogP contribution < -0.4 is 10.1 Å². The molecule has 0 bridgehead atoms. The number of carbonyl (C=O) groups is 1. The van der Waals surface area contributed by atoms with Crippen molar-refractivity contribution in [3.05, 3.63) is 29.8 Å². The van der Waals surface area contributed by atoms with Gasteiger partial charge in [-0.2, -0.15) is 4.31 Å². The van der Waals surface area contributed by atoms with Gasteiger partial charge in [-0.1, -0.05) is 18.2 Å². The SMILES string of the molecule is COc1ccccc1CNC(=O)C1CN(S(=O)(=O)C2CC2)C1. The van der Waals surface area contributed by atoms with Crippen LogP contribution in [0.1, 0.15) is 18.4 Å². The largest absolute Gasteiger partial charge is 0.496 e. The quantitative estimate of drug-likeness (QED) is 0.837. The number of ether oxygens (including phenoxy) is 1. The van der Waals surface area contributed by atoms with Crippen LogP contribution >= 0.6 is 0 Å². The number of amides is 1. The minimum Gasteiger partial charge on any atom is -0.496 e. The van der Waals surface area contributed by atoms with Crippen molar-refractivity contribution in [2.75, 3.05) is 20.2 Å². The van der Waals surface area contributed by atoms with E-state index < -0.39 is 10.0 Å². The average Bonchev–Trinajstić information content (AvgIpc) is 3.28. The van der Waals surface area contributed by atoms with Gasteiger partial charge in [-0.25, -0.2) is 8.42 Å². The maximum Gasteiger partial charge on any atom is 0.226 e. The number of benzene rings is 1. The summed E-state index contributed by atoms with van der Waals surface area (Å²) < 4.78 is 30.6. The zero-order valence-corrected chi connectivity index (χ0v) is 13.3. The first-order chi connectivity index (χ1) is 10.5. The molecule has 1 N–H and O–H groups in total. The lowest BCUT2D eigenvalue weighted by Crippen LogP contribution is -2.56. The molecule has 1 aromatic rings. The van der Waals surface area contributed by atoms with Gasteiger partial charge in [0.25, 0.3) is 0 Å². The smallest absolute Gasteiger partial charge is 0.226 e. The summed E-state index contributed by atoms with van der Waals surface area (Å²) in [5.41, 5.74) is 0.903. The molecule has 120 valence electrons. The van der Waals surface area contributed by atoms with E-state index in [1.54, 1.807) is 7.11 Å². The van der Waals surface area contributed by atoms with Gasteiger partial charge >= 0.3 is 0 Å². The van der Waals surface area contributed by atoms with Crippen LogP contribution in [-0.4, -0.2) is 44.1 Å². The second kappa shape index (κ2) is 5.89. The van der Waals surface area contributed by atoms with E-state index in [2.05, 4.69) is 5.32 Å². The Labute approximate surface area is 130 Å². The first-order valence-corrected chi connectivity index (χ1v) is 8.91. The van der Waals surface area contributed by atoms with E-state index in [9.17, 15) is 13.2 Å². The van der Waals surface area contributed by atoms with Crippen LogP contribution in [0.25, 0.3) is 0 Å². The highest BCUT2D eigenvalue weighted by molar-refractivity contribution is 7.90. The van der Waals surface area contributed by atoms with Crippen molar-refractivity contribution in [3.8, 4) is 5.75 Å². The summed E-state index contributed by atoms with van der Waals surface area (Å²) >= 11 is 0. The normalized spacial score (nSPS) is 19.5. The second-order valence-electron chi connectivity index (χ2n) is 5.79. The fourth-order valence-corrected chi connectivity index (χ4v) is 4.49. The van der Waals surface area contributed by atoms with Crippen LogP contribution in [-0.2, 0) is 21.4 Å². The second-order valence-corrected chi connectivity index (χ2v) is 8.00. The maximum atomic E-state index is 12.1. The predicted octanol–water partition coefficient (Wildman–Crippen LogP) is 0.735. The predicted molar refractivity (Wildman–Crippen MR) is 81.8 cm³/mol. The number of hydrogen-bond acceptors (Lipinski definition) is 4. The molecule has 2 fully saturated rings. The Hall–Kier alpha value is -1.60. The van der Waals surface area contributed by atoms with Gasteiger partial charge in [0, 0.05) is 25.2 Å². The molecule has 1 saturated heterocycles. The molecular weight excluding hydrogens is 304 g/mol. The number of nitrogens with one attached hydrogen (secondary N) is 1. The zero-order valence-electron chi connectivity index (χ0n) is 12.5. The van der Waals surface area contributed by atoms with Crippen LogP contribution in [0.4, 0.5) is 0 Å². The molecule has 2 aliphatic rings. The van der Waals surface area contributed by atoms with Crippen molar-refractivity contribution in [1.82, 2.24) is 9.62 Å². The first kappa shape index (κ1) is 15.3. The number of rotatable bonds is 6. The van der Waals surface area contributed by atoms with Crippen LogP contribution in [0.5, 0.6) is 5.75 Å². The molecule has 1 aromatic carbocycles. The van der Waals surface area contributed by atoms with E-state index in [0.29, 0.717) is 19.6 Å². The number of sulfonamides is 1. The van der Waals surface area contributed by atoms with Crippen LogP contribution in [0.2, 0.25) is 0 Å². The van der Waals surface area contributed by atoms with Gasteiger partial charge in [-0.15, -0.1) is 0 Å². The molecule has 0 radical (unpaired) electrons. The number of methoxy groups -OCH3 is 1. The van der Waals surface area contributed by atoms with E-state index in [1.165, 1.54) is 4.31 Å². The molecule has 1 amide bonds. The summed E-state index contributed by atoms with van der Waals surface area (Å²) in [6, 6.07) is 7.49. The zero-order chi connectivity index (χ0) is 15.7. The van der Waals surface area contributed by atoms with E-state index in [-0.39, 0.29) is 17.1 Å². The highest BCUT2D eigenvalue weighted by atomic mass is 32.2. The molecule has 0 spiro atoms. The molecular formula is C15H20N2O4S. The number of carbonyl (C=O) groups excluding carboxylic acids is 1. The van der Waals surface area contributed by atoms with Gasteiger partial charge in [0.05, 0.1) is 18.3 Å². The fourth-order valence-electron chi connectivity index (χ4n) is 2.56. The molecule has 1 heterocycles. The van der Waals surface area contributed by atoms with Crippen molar-refractivity contribution in [2.45, 2.75) is 24.6 Å². The van der Waals surface area contributed by atoms with Crippen LogP contribution in [0.3, 0.4) is 0 Å². The van der Waals surface area contributed by atoms with E-state index in [0.717, 1.165) is 24.2 Å². The van der Waals surface area contributed by atoms with Gasteiger partial charge in [0.2, 0.25) is 15.9 Å². The topological polar surface area (TPSA) is 75.7 Å². The molecule has 3 rings (SSSR count). The average molecular weight is 324 g/mol. The third kappa shape index (κ3) is 2.96. The molecule has 6 nitrogen and oxygen atoms in total. The standard InChI is InChI=1S/C15H20N2O4S/c1-21-14-5-3-2-4-11(14)8-16-15(18)12-9-17(10-12)22(19,20)13-6-7-13/h2-5,12-13H,6-10H2,1H3,(H,16,18). The molecule has 7 heteroatoms. The minimum atomic E-state index is -3.14. The number of nitrogens with zero attached hydrogens (tertiary/aromatic N) is 1. The third-order valence-corrected chi connectivity index (χ3v) is 6.50. The monoisotopic (exact) mass is 324 g/mol. The van der Waals surface area contributed by atoms with Gasteiger partial charge in [0.15, 0.2) is 0 Å². The Morgan fingerprint density at radius 3 is 2.64 bits per heavy atom. The highest BCUT2D eigenvalue weighted by Gasteiger charge is 2.46. The lowest BCUT2D eigenvalue weighted by molar-refractivity contribution is -0.128.